The first-order chi connectivity index (χ1) is 25.5. The number of hydrogen-bond donors (Lipinski definition) is 2. The van der Waals surface area contributed by atoms with Gasteiger partial charge in [-0.1, -0.05) is 121 Å². The van der Waals surface area contributed by atoms with Gasteiger partial charge in [0, 0.05) is 35.2 Å². The van der Waals surface area contributed by atoms with Crippen LogP contribution in [0.4, 0.5) is 4.79 Å². The molecule has 2 N–H and O–H groups in total. The van der Waals surface area contributed by atoms with Gasteiger partial charge >= 0.3 is 18.0 Å². The highest BCUT2D eigenvalue weighted by Gasteiger charge is 2.43. The Morgan fingerprint density at radius 2 is 1.13 bits per heavy atom. The molecule has 6 rings (SSSR count). The van der Waals surface area contributed by atoms with Crippen LogP contribution < -0.4 is 10.6 Å². The van der Waals surface area contributed by atoms with Gasteiger partial charge in [-0.3, -0.25) is 9.59 Å². The molecule has 5 aromatic rings. The van der Waals surface area contributed by atoms with Gasteiger partial charge in [0.2, 0.25) is 0 Å². The van der Waals surface area contributed by atoms with E-state index >= 15 is 0 Å². The first kappa shape index (κ1) is 36.6. The predicted molar refractivity (Wildman–Crippen MR) is 201 cm³/mol. The number of carbonyl (C=O) groups is 4. The number of fused-ring (bicyclic) bond motifs is 3. The molecule has 0 unspecified atom stereocenters. The van der Waals surface area contributed by atoms with E-state index in [1.165, 1.54) is 0 Å². The van der Waals surface area contributed by atoms with Crippen LogP contribution in [0, 0.1) is 0 Å². The van der Waals surface area contributed by atoms with Crippen LogP contribution in [0.1, 0.15) is 71.3 Å². The standard InChI is InChI=1S/C44H42N2O7/c1-43(2,3)52-39(47)27-38(46-42(50)51-28-37-35-21-13-11-19-33(35)34-20-12-14-22-36(34)37)41(49)53-44(30-15-7-5-8-16-30,31-17-9-6-10-18-31)32-25-23-29(24-26-32)40(48)45-4/h5-26,37-38H,27-28H2,1-4H3,(H,45,48)(H,46,50)/t38-/m0/s1. The molecule has 2 amide bonds. The second kappa shape index (κ2) is 15.6. The van der Waals surface area contributed by atoms with Crippen molar-refractivity contribution >= 4 is 23.9 Å². The highest BCUT2D eigenvalue weighted by molar-refractivity contribution is 5.94. The molecule has 1 atom stereocenters. The smallest absolute Gasteiger partial charge is 0.407 e. The fourth-order valence-corrected chi connectivity index (χ4v) is 6.77. The zero-order valence-electron chi connectivity index (χ0n) is 30.1. The molecule has 0 fully saturated rings. The summed E-state index contributed by atoms with van der Waals surface area (Å²) < 4.78 is 17.9. The molecule has 1 aliphatic rings. The van der Waals surface area contributed by atoms with Gasteiger partial charge in [0.05, 0.1) is 6.42 Å². The van der Waals surface area contributed by atoms with Crippen molar-refractivity contribution in [2.75, 3.05) is 13.7 Å². The molecule has 0 heterocycles. The number of rotatable bonds is 11. The minimum absolute atomic E-state index is 0.00369. The fourth-order valence-electron chi connectivity index (χ4n) is 6.77. The molecule has 1 aliphatic carbocycles. The molecule has 5 aromatic carbocycles. The molecule has 53 heavy (non-hydrogen) atoms. The molecule has 0 saturated heterocycles. The van der Waals surface area contributed by atoms with Gasteiger partial charge in [-0.25, -0.2) is 9.59 Å². The average Bonchev–Trinajstić information content (AvgIpc) is 3.49. The van der Waals surface area contributed by atoms with Gasteiger partial charge in [-0.2, -0.15) is 0 Å². The van der Waals surface area contributed by atoms with Gasteiger partial charge < -0.3 is 24.8 Å². The van der Waals surface area contributed by atoms with Crippen LogP contribution in [0.15, 0.2) is 133 Å². The van der Waals surface area contributed by atoms with Crippen molar-refractivity contribution < 1.29 is 33.4 Å². The summed E-state index contributed by atoms with van der Waals surface area (Å²) in [6, 6.07) is 39.5. The molecule has 9 heteroatoms. The third-order valence-electron chi connectivity index (χ3n) is 9.11. The molecule has 0 bridgehead atoms. The summed E-state index contributed by atoms with van der Waals surface area (Å²) in [5.41, 5.74) is 3.96. The molecule has 0 spiro atoms. The highest BCUT2D eigenvalue weighted by Crippen LogP contribution is 2.45. The molecular formula is C44H42N2O7. The maximum Gasteiger partial charge on any atom is 0.407 e. The van der Waals surface area contributed by atoms with E-state index in [4.69, 9.17) is 14.2 Å². The minimum atomic E-state index is -1.56. The van der Waals surface area contributed by atoms with E-state index in [0.29, 0.717) is 22.3 Å². The maximum absolute atomic E-state index is 14.6. The fraction of sp³-hybridized carbons (Fsp3) is 0.227. The lowest BCUT2D eigenvalue weighted by Gasteiger charge is -2.36. The SMILES string of the molecule is CNC(=O)c1ccc(C(OC(=O)[C@H](CC(=O)OC(C)(C)C)NC(=O)OCC2c3ccccc3-c3ccccc32)(c2ccccc2)c2ccccc2)cc1. The number of nitrogens with one attached hydrogen (secondary N) is 2. The van der Waals surface area contributed by atoms with Gasteiger partial charge in [-0.05, 0) is 55.2 Å². The van der Waals surface area contributed by atoms with E-state index in [1.54, 1.807) is 52.1 Å². The molecule has 270 valence electrons. The van der Waals surface area contributed by atoms with Crippen molar-refractivity contribution in [1.29, 1.82) is 0 Å². The number of carbonyl (C=O) groups excluding carboxylic acids is 4. The van der Waals surface area contributed by atoms with Crippen LogP contribution in [-0.2, 0) is 29.4 Å². The lowest BCUT2D eigenvalue weighted by atomic mass is 9.79. The Bertz CT molecular complexity index is 2010. The maximum atomic E-state index is 14.6. The Hall–Kier alpha value is -6.22. The summed E-state index contributed by atoms with van der Waals surface area (Å²) in [5.74, 6) is -2.10. The van der Waals surface area contributed by atoms with Crippen LogP contribution in [0.25, 0.3) is 11.1 Å². The summed E-state index contributed by atoms with van der Waals surface area (Å²) in [6.07, 6.45) is -1.41. The van der Waals surface area contributed by atoms with Crippen molar-refractivity contribution in [3.63, 3.8) is 0 Å². The van der Waals surface area contributed by atoms with Crippen LogP contribution >= 0.6 is 0 Å². The summed E-state index contributed by atoms with van der Waals surface area (Å²) in [7, 11) is 1.55. The van der Waals surface area contributed by atoms with Crippen LogP contribution in [0.5, 0.6) is 0 Å². The van der Waals surface area contributed by atoms with E-state index in [9.17, 15) is 19.2 Å². The minimum Gasteiger partial charge on any atom is -0.460 e. The van der Waals surface area contributed by atoms with Crippen molar-refractivity contribution in [3.8, 4) is 11.1 Å². The lowest BCUT2D eigenvalue weighted by Crippen LogP contribution is -2.48. The summed E-state index contributed by atoms with van der Waals surface area (Å²) in [6.45, 7) is 5.16. The third-order valence-corrected chi connectivity index (χ3v) is 9.11. The second-order valence-corrected chi connectivity index (χ2v) is 13.8. The van der Waals surface area contributed by atoms with Gasteiger partial charge in [0.25, 0.3) is 5.91 Å². The summed E-state index contributed by atoms with van der Waals surface area (Å²) >= 11 is 0. The Morgan fingerprint density at radius 3 is 1.64 bits per heavy atom. The van der Waals surface area contributed by atoms with Gasteiger partial charge in [-0.15, -0.1) is 0 Å². The van der Waals surface area contributed by atoms with Crippen LogP contribution in [0.2, 0.25) is 0 Å². The Balaban J connectivity index is 1.34. The van der Waals surface area contributed by atoms with Crippen molar-refractivity contribution in [1.82, 2.24) is 10.6 Å². The predicted octanol–water partition coefficient (Wildman–Crippen LogP) is 7.52. The average molecular weight is 711 g/mol. The largest absolute Gasteiger partial charge is 0.460 e. The van der Waals surface area contributed by atoms with Crippen LogP contribution in [-0.4, -0.2) is 49.2 Å². The summed E-state index contributed by atoms with van der Waals surface area (Å²) in [4.78, 5) is 53.8. The third kappa shape index (κ3) is 7.99. The van der Waals surface area contributed by atoms with E-state index in [2.05, 4.69) is 10.6 Å². The zero-order chi connectivity index (χ0) is 37.6. The molecular weight excluding hydrogens is 668 g/mol. The number of hydrogen-bond acceptors (Lipinski definition) is 7. The zero-order valence-corrected chi connectivity index (χ0v) is 30.1. The Kier molecular flexibility index (Phi) is 10.7. The van der Waals surface area contributed by atoms with Gasteiger partial charge in [0.15, 0.2) is 5.60 Å². The molecule has 0 radical (unpaired) electrons. The first-order valence-corrected chi connectivity index (χ1v) is 17.5. The van der Waals surface area contributed by atoms with E-state index in [0.717, 1.165) is 22.3 Å². The summed E-state index contributed by atoms with van der Waals surface area (Å²) in [5, 5.41) is 5.24. The quantitative estimate of drug-likeness (QED) is 0.0827. The van der Waals surface area contributed by atoms with Gasteiger partial charge in [0.1, 0.15) is 18.2 Å². The van der Waals surface area contributed by atoms with E-state index in [-0.39, 0.29) is 18.4 Å². The van der Waals surface area contributed by atoms with E-state index < -0.39 is 41.7 Å². The number of alkyl carbamates (subject to hydrolysis) is 1. The monoisotopic (exact) mass is 710 g/mol. The molecule has 0 aromatic heterocycles. The first-order valence-electron chi connectivity index (χ1n) is 17.5. The van der Waals surface area contributed by atoms with Crippen molar-refractivity contribution in [2.45, 2.75) is 50.4 Å². The van der Waals surface area contributed by atoms with Crippen LogP contribution in [0.3, 0.4) is 0 Å². The Morgan fingerprint density at radius 1 is 0.642 bits per heavy atom. The second-order valence-electron chi connectivity index (χ2n) is 13.8. The number of benzene rings is 5. The lowest BCUT2D eigenvalue weighted by molar-refractivity contribution is -0.163. The molecule has 9 nitrogen and oxygen atoms in total. The molecule has 0 saturated carbocycles. The highest BCUT2D eigenvalue weighted by atomic mass is 16.6. The Labute approximate surface area is 309 Å². The van der Waals surface area contributed by atoms with Crippen molar-refractivity contribution in [3.05, 3.63) is 167 Å². The number of ether oxygens (including phenoxy) is 3. The number of esters is 2. The normalized spacial score (nSPS) is 12.8. The van der Waals surface area contributed by atoms with E-state index in [1.807, 2.05) is 109 Å². The molecule has 0 aliphatic heterocycles. The topological polar surface area (TPSA) is 120 Å². The number of amides is 2. The van der Waals surface area contributed by atoms with Crippen molar-refractivity contribution in [2.24, 2.45) is 0 Å².